The molecular formula is C11H17N3O2. The molecule has 88 valence electrons. The maximum Gasteiger partial charge on any atom is 0.337 e. The van der Waals surface area contributed by atoms with Gasteiger partial charge in [-0.2, -0.15) is 0 Å². The summed E-state index contributed by atoms with van der Waals surface area (Å²) in [5.74, 6) is -0.507. The van der Waals surface area contributed by atoms with Crippen LogP contribution in [-0.2, 0) is 0 Å². The summed E-state index contributed by atoms with van der Waals surface area (Å²) in [5, 5.41) is 8.94. The monoisotopic (exact) mass is 223 g/mol. The summed E-state index contributed by atoms with van der Waals surface area (Å²) in [6, 6.07) is 1.67. The fraction of sp³-hybridized carbons (Fsp3) is 0.455. The van der Waals surface area contributed by atoms with Crippen molar-refractivity contribution < 1.29 is 9.90 Å². The number of carboxylic acids is 1. The molecule has 1 heterocycles. The van der Waals surface area contributed by atoms with E-state index in [1.807, 2.05) is 18.9 Å². The number of nitrogens with zero attached hydrogens (tertiary/aromatic N) is 2. The number of carboxylic acid groups (broad SMARTS) is 1. The van der Waals surface area contributed by atoms with Crippen LogP contribution in [0.25, 0.3) is 0 Å². The number of pyridine rings is 1. The quantitative estimate of drug-likeness (QED) is 0.810. The van der Waals surface area contributed by atoms with Crippen molar-refractivity contribution in [1.82, 2.24) is 4.98 Å². The fourth-order valence-electron chi connectivity index (χ4n) is 1.41. The van der Waals surface area contributed by atoms with Gasteiger partial charge in [-0.15, -0.1) is 0 Å². The van der Waals surface area contributed by atoms with E-state index in [0.717, 1.165) is 6.42 Å². The average molecular weight is 223 g/mol. The van der Waals surface area contributed by atoms with E-state index in [1.165, 1.54) is 12.3 Å². The van der Waals surface area contributed by atoms with Crippen LogP contribution in [0.5, 0.6) is 0 Å². The lowest BCUT2D eigenvalue weighted by atomic mass is 10.2. The molecule has 1 aromatic rings. The second-order valence-electron chi connectivity index (χ2n) is 3.77. The third kappa shape index (κ3) is 2.24. The van der Waals surface area contributed by atoms with Crippen molar-refractivity contribution >= 4 is 17.5 Å². The molecule has 0 radical (unpaired) electrons. The SMILES string of the molecule is CCC(C)N(C)c1nccc(C(=O)O)c1N. The first-order valence-corrected chi connectivity index (χ1v) is 5.19. The minimum absolute atomic E-state index is 0.0974. The number of rotatable bonds is 4. The Morgan fingerprint density at radius 1 is 1.69 bits per heavy atom. The summed E-state index contributed by atoms with van der Waals surface area (Å²) in [5.41, 5.74) is 6.11. The molecule has 0 fully saturated rings. The summed E-state index contributed by atoms with van der Waals surface area (Å²) in [7, 11) is 1.86. The first-order valence-electron chi connectivity index (χ1n) is 5.19. The maximum absolute atomic E-state index is 10.9. The van der Waals surface area contributed by atoms with E-state index < -0.39 is 5.97 Å². The Hall–Kier alpha value is -1.78. The Morgan fingerprint density at radius 3 is 2.81 bits per heavy atom. The van der Waals surface area contributed by atoms with Crippen molar-refractivity contribution in [2.24, 2.45) is 0 Å². The summed E-state index contributed by atoms with van der Waals surface area (Å²) >= 11 is 0. The standard InChI is InChI=1S/C11H17N3O2/c1-4-7(2)14(3)10-9(12)8(11(15)16)5-6-13-10/h5-7H,4,12H2,1-3H3,(H,15,16). The summed E-state index contributed by atoms with van der Waals surface area (Å²) in [4.78, 5) is 16.9. The number of nitrogens with two attached hydrogens (primary N) is 1. The predicted molar refractivity (Wildman–Crippen MR) is 63.8 cm³/mol. The number of anilines is 2. The molecule has 0 aliphatic heterocycles. The van der Waals surface area contributed by atoms with Crippen molar-refractivity contribution in [2.75, 3.05) is 17.7 Å². The zero-order chi connectivity index (χ0) is 12.3. The largest absolute Gasteiger partial charge is 0.478 e. The lowest BCUT2D eigenvalue weighted by molar-refractivity contribution is 0.0698. The van der Waals surface area contributed by atoms with Gasteiger partial charge in [-0.25, -0.2) is 9.78 Å². The van der Waals surface area contributed by atoms with Crippen LogP contribution < -0.4 is 10.6 Å². The van der Waals surface area contributed by atoms with Gasteiger partial charge < -0.3 is 15.7 Å². The molecule has 0 amide bonds. The summed E-state index contributed by atoms with van der Waals surface area (Å²) in [6.45, 7) is 4.09. The van der Waals surface area contributed by atoms with Crippen LogP contribution in [0.1, 0.15) is 30.6 Å². The smallest absolute Gasteiger partial charge is 0.337 e. The average Bonchev–Trinajstić information content (AvgIpc) is 2.27. The van der Waals surface area contributed by atoms with Gasteiger partial charge in [-0.05, 0) is 19.4 Å². The molecule has 5 nitrogen and oxygen atoms in total. The van der Waals surface area contributed by atoms with Crippen LogP contribution in [-0.4, -0.2) is 29.1 Å². The number of hydrogen-bond acceptors (Lipinski definition) is 4. The molecule has 3 N–H and O–H groups in total. The van der Waals surface area contributed by atoms with Crippen LogP contribution in [0.3, 0.4) is 0 Å². The highest BCUT2D eigenvalue weighted by atomic mass is 16.4. The summed E-state index contributed by atoms with van der Waals surface area (Å²) < 4.78 is 0. The van der Waals surface area contributed by atoms with Gasteiger partial charge in [-0.1, -0.05) is 6.92 Å². The van der Waals surface area contributed by atoms with E-state index in [1.54, 1.807) is 0 Å². The van der Waals surface area contributed by atoms with E-state index in [2.05, 4.69) is 11.9 Å². The molecule has 0 saturated carbocycles. The topological polar surface area (TPSA) is 79.5 Å². The van der Waals surface area contributed by atoms with E-state index in [-0.39, 0.29) is 17.3 Å². The van der Waals surface area contributed by atoms with Gasteiger partial charge in [-0.3, -0.25) is 0 Å². The van der Waals surface area contributed by atoms with Gasteiger partial charge in [0.1, 0.15) is 0 Å². The van der Waals surface area contributed by atoms with Gasteiger partial charge in [0.2, 0.25) is 0 Å². The van der Waals surface area contributed by atoms with Crippen molar-refractivity contribution in [3.63, 3.8) is 0 Å². The lowest BCUT2D eigenvalue weighted by Crippen LogP contribution is -2.30. The molecule has 5 heteroatoms. The zero-order valence-electron chi connectivity index (χ0n) is 9.77. The molecule has 1 unspecified atom stereocenters. The normalized spacial score (nSPS) is 12.2. The maximum atomic E-state index is 10.9. The van der Waals surface area contributed by atoms with Crippen LogP contribution in [0.15, 0.2) is 12.3 Å². The minimum Gasteiger partial charge on any atom is -0.478 e. The van der Waals surface area contributed by atoms with Crippen LogP contribution in [0.4, 0.5) is 11.5 Å². The number of aromatic carboxylic acids is 1. The molecule has 16 heavy (non-hydrogen) atoms. The molecular weight excluding hydrogens is 206 g/mol. The number of aromatic nitrogens is 1. The Balaban J connectivity index is 3.15. The van der Waals surface area contributed by atoms with Gasteiger partial charge in [0.05, 0.1) is 11.3 Å². The van der Waals surface area contributed by atoms with E-state index >= 15 is 0 Å². The van der Waals surface area contributed by atoms with Crippen molar-refractivity contribution in [3.05, 3.63) is 17.8 Å². The van der Waals surface area contributed by atoms with Gasteiger partial charge >= 0.3 is 5.97 Å². The molecule has 0 saturated heterocycles. The Labute approximate surface area is 94.9 Å². The van der Waals surface area contributed by atoms with Crippen LogP contribution in [0, 0.1) is 0 Å². The molecule has 1 aromatic heterocycles. The lowest BCUT2D eigenvalue weighted by Gasteiger charge is -2.26. The second kappa shape index (κ2) is 4.83. The predicted octanol–water partition coefficient (Wildman–Crippen LogP) is 1.60. The van der Waals surface area contributed by atoms with Crippen molar-refractivity contribution in [3.8, 4) is 0 Å². The minimum atomic E-state index is -1.03. The van der Waals surface area contributed by atoms with Crippen LogP contribution in [0.2, 0.25) is 0 Å². The van der Waals surface area contributed by atoms with Gasteiger partial charge in [0.15, 0.2) is 5.82 Å². The number of nitrogen functional groups attached to an aromatic ring is 1. The number of hydrogen-bond donors (Lipinski definition) is 2. The molecule has 0 aromatic carbocycles. The molecule has 1 atom stereocenters. The molecule has 0 aliphatic carbocycles. The highest BCUT2D eigenvalue weighted by molar-refractivity contribution is 5.96. The first kappa shape index (κ1) is 12.3. The highest BCUT2D eigenvalue weighted by Crippen LogP contribution is 2.24. The number of carbonyl (C=O) groups is 1. The van der Waals surface area contributed by atoms with E-state index in [4.69, 9.17) is 10.8 Å². The first-order chi connectivity index (χ1) is 7.49. The van der Waals surface area contributed by atoms with E-state index in [9.17, 15) is 4.79 Å². The van der Waals surface area contributed by atoms with E-state index in [0.29, 0.717) is 5.82 Å². The summed E-state index contributed by atoms with van der Waals surface area (Å²) in [6.07, 6.45) is 2.41. The molecule has 0 spiro atoms. The Kier molecular flexibility index (Phi) is 3.71. The highest BCUT2D eigenvalue weighted by Gasteiger charge is 2.17. The molecule has 0 aliphatic rings. The fourth-order valence-corrected chi connectivity index (χ4v) is 1.41. The van der Waals surface area contributed by atoms with Gasteiger partial charge in [0.25, 0.3) is 0 Å². The van der Waals surface area contributed by atoms with Crippen molar-refractivity contribution in [2.45, 2.75) is 26.3 Å². The van der Waals surface area contributed by atoms with Gasteiger partial charge in [0, 0.05) is 19.3 Å². The zero-order valence-corrected chi connectivity index (χ0v) is 9.77. The Bertz CT molecular complexity index is 393. The molecule has 0 bridgehead atoms. The Morgan fingerprint density at radius 2 is 2.31 bits per heavy atom. The third-order valence-electron chi connectivity index (χ3n) is 2.79. The van der Waals surface area contributed by atoms with Crippen LogP contribution >= 0.6 is 0 Å². The third-order valence-corrected chi connectivity index (χ3v) is 2.79. The van der Waals surface area contributed by atoms with Crippen molar-refractivity contribution in [1.29, 1.82) is 0 Å². The second-order valence-corrected chi connectivity index (χ2v) is 3.77. The molecule has 1 rings (SSSR count).